The number of aryl methyl sites for hydroxylation is 2. The number of hydrogen-bond acceptors (Lipinski definition) is 3. The average Bonchev–Trinajstić information content (AvgIpc) is 3.06. The summed E-state index contributed by atoms with van der Waals surface area (Å²) in [6, 6.07) is 10.5. The second kappa shape index (κ2) is 5.54. The molecule has 3 rings (SSSR count). The molecule has 108 valence electrons. The second-order valence-corrected chi connectivity index (χ2v) is 5.20. The maximum Gasteiger partial charge on any atom is 0.0712 e. The molecular weight excluding hydrogens is 264 g/mol. The van der Waals surface area contributed by atoms with Gasteiger partial charge in [0.25, 0.3) is 0 Å². The minimum Gasteiger partial charge on any atom is -0.392 e. The van der Waals surface area contributed by atoms with Crippen LogP contribution < -0.4 is 0 Å². The maximum absolute atomic E-state index is 9.05. The molecule has 0 spiro atoms. The van der Waals surface area contributed by atoms with Crippen LogP contribution >= 0.6 is 0 Å². The lowest BCUT2D eigenvalue weighted by Crippen LogP contribution is -2.00. The quantitative estimate of drug-likeness (QED) is 0.797. The fourth-order valence-electron chi connectivity index (χ4n) is 2.42. The Labute approximate surface area is 123 Å². The van der Waals surface area contributed by atoms with Crippen LogP contribution in [0.25, 0.3) is 11.3 Å². The van der Waals surface area contributed by atoms with Gasteiger partial charge in [-0.2, -0.15) is 10.2 Å². The van der Waals surface area contributed by atoms with Crippen LogP contribution in [0.3, 0.4) is 0 Å². The predicted molar refractivity (Wildman–Crippen MR) is 80.6 cm³/mol. The Kier molecular flexibility index (Phi) is 3.58. The van der Waals surface area contributed by atoms with E-state index in [1.165, 1.54) is 5.56 Å². The average molecular weight is 282 g/mol. The summed E-state index contributed by atoms with van der Waals surface area (Å²) < 4.78 is 3.72. The van der Waals surface area contributed by atoms with Crippen LogP contribution in [-0.2, 0) is 20.2 Å². The summed E-state index contributed by atoms with van der Waals surface area (Å²) >= 11 is 0. The van der Waals surface area contributed by atoms with Crippen LogP contribution in [0.1, 0.15) is 16.8 Å². The molecule has 2 aromatic heterocycles. The summed E-state index contributed by atoms with van der Waals surface area (Å²) in [6.07, 6.45) is 3.55. The Morgan fingerprint density at radius 1 is 1.14 bits per heavy atom. The number of hydrogen-bond donors (Lipinski definition) is 1. The molecule has 0 aliphatic rings. The number of rotatable bonds is 4. The lowest BCUT2D eigenvalue weighted by Gasteiger charge is -2.05. The normalized spacial score (nSPS) is 11.0. The number of aliphatic hydroxyl groups is 1. The van der Waals surface area contributed by atoms with E-state index in [0.717, 1.165) is 22.5 Å². The molecule has 0 unspecified atom stereocenters. The molecule has 1 aromatic carbocycles. The number of aromatic nitrogens is 4. The van der Waals surface area contributed by atoms with Crippen molar-refractivity contribution < 1.29 is 5.11 Å². The monoisotopic (exact) mass is 282 g/mol. The van der Waals surface area contributed by atoms with Crippen molar-refractivity contribution in [3.63, 3.8) is 0 Å². The van der Waals surface area contributed by atoms with Gasteiger partial charge in [0.1, 0.15) is 0 Å². The second-order valence-electron chi connectivity index (χ2n) is 5.20. The van der Waals surface area contributed by atoms with Crippen LogP contribution in [0.5, 0.6) is 0 Å². The molecule has 2 heterocycles. The summed E-state index contributed by atoms with van der Waals surface area (Å²) in [7, 11) is 1.95. The zero-order valence-corrected chi connectivity index (χ0v) is 12.2. The highest BCUT2D eigenvalue weighted by Gasteiger charge is 2.05. The van der Waals surface area contributed by atoms with Gasteiger partial charge in [-0.1, -0.05) is 24.3 Å². The van der Waals surface area contributed by atoms with Crippen molar-refractivity contribution >= 4 is 0 Å². The van der Waals surface area contributed by atoms with Crippen molar-refractivity contribution in [2.45, 2.75) is 20.1 Å². The molecule has 5 heteroatoms. The molecule has 21 heavy (non-hydrogen) atoms. The molecule has 1 N–H and O–H groups in total. The van der Waals surface area contributed by atoms with Gasteiger partial charge in [-0.25, -0.2) is 0 Å². The third-order valence-electron chi connectivity index (χ3n) is 3.47. The van der Waals surface area contributed by atoms with E-state index in [4.69, 9.17) is 5.11 Å². The van der Waals surface area contributed by atoms with Gasteiger partial charge < -0.3 is 5.11 Å². The summed E-state index contributed by atoms with van der Waals surface area (Å²) in [4.78, 5) is 0. The van der Waals surface area contributed by atoms with Crippen molar-refractivity contribution in [2.24, 2.45) is 7.05 Å². The first-order valence-electron chi connectivity index (χ1n) is 6.88. The first kappa shape index (κ1) is 13.6. The van der Waals surface area contributed by atoms with E-state index in [1.807, 2.05) is 29.5 Å². The van der Waals surface area contributed by atoms with Crippen molar-refractivity contribution in [2.75, 3.05) is 0 Å². The standard InChI is InChI=1S/C16H18N4O/c1-12-7-16(19(2)18-12)15-5-3-13(4-6-15)9-20-10-14(11-21)8-17-20/h3-8,10,21H,9,11H2,1-2H3. The lowest BCUT2D eigenvalue weighted by atomic mass is 10.1. The van der Waals surface area contributed by atoms with Gasteiger partial charge in [0, 0.05) is 18.8 Å². The van der Waals surface area contributed by atoms with Crippen molar-refractivity contribution in [1.82, 2.24) is 19.6 Å². The van der Waals surface area contributed by atoms with Gasteiger partial charge in [0.2, 0.25) is 0 Å². The molecule has 0 fully saturated rings. The van der Waals surface area contributed by atoms with Gasteiger partial charge in [-0.15, -0.1) is 0 Å². The number of nitrogens with zero attached hydrogens (tertiary/aromatic N) is 4. The maximum atomic E-state index is 9.05. The topological polar surface area (TPSA) is 55.9 Å². The molecule has 5 nitrogen and oxygen atoms in total. The van der Waals surface area contributed by atoms with E-state index in [0.29, 0.717) is 6.54 Å². The van der Waals surface area contributed by atoms with E-state index < -0.39 is 0 Å². The first-order valence-corrected chi connectivity index (χ1v) is 6.88. The van der Waals surface area contributed by atoms with Crippen LogP contribution in [-0.4, -0.2) is 24.7 Å². The van der Waals surface area contributed by atoms with E-state index in [9.17, 15) is 0 Å². The molecule has 0 radical (unpaired) electrons. The van der Waals surface area contributed by atoms with Crippen LogP contribution in [0.4, 0.5) is 0 Å². The molecule has 0 bridgehead atoms. The van der Waals surface area contributed by atoms with Gasteiger partial charge in [0.15, 0.2) is 0 Å². The Hall–Kier alpha value is -2.40. The number of benzene rings is 1. The summed E-state index contributed by atoms with van der Waals surface area (Å²) in [5, 5.41) is 17.6. The minimum atomic E-state index is 0.0266. The molecule has 0 saturated carbocycles. The zero-order valence-electron chi connectivity index (χ0n) is 12.2. The zero-order chi connectivity index (χ0) is 14.8. The van der Waals surface area contributed by atoms with Gasteiger partial charge in [-0.05, 0) is 24.1 Å². The van der Waals surface area contributed by atoms with Gasteiger partial charge >= 0.3 is 0 Å². The highest BCUT2D eigenvalue weighted by molar-refractivity contribution is 5.60. The SMILES string of the molecule is Cc1cc(-c2ccc(Cn3cc(CO)cn3)cc2)n(C)n1. The van der Waals surface area contributed by atoms with Crippen molar-refractivity contribution in [1.29, 1.82) is 0 Å². The minimum absolute atomic E-state index is 0.0266. The summed E-state index contributed by atoms with van der Waals surface area (Å²) in [5.74, 6) is 0. The van der Waals surface area contributed by atoms with E-state index in [1.54, 1.807) is 6.20 Å². The molecule has 0 atom stereocenters. The fourth-order valence-corrected chi connectivity index (χ4v) is 2.42. The van der Waals surface area contributed by atoms with Crippen molar-refractivity contribution in [3.8, 4) is 11.3 Å². The fraction of sp³-hybridized carbons (Fsp3) is 0.250. The van der Waals surface area contributed by atoms with Gasteiger partial charge in [0.05, 0.1) is 30.7 Å². The lowest BCUT2D eigenvalue weighted by molar-refractivity contribution is 0.281. The predicted octanol–water partition coefficient (Wildman–Crippen LogP) is 2.13. The first-order chi connectivity index (χ1) is 10.2. The van der Waals surface area contributed by atoms with E-state index in [2.05, 4.69) is 40.5 Å². The largest absolute Gasteiger partial charge is 0.392 e. The van der Waals surface area contributed by atoms with Gasteiger partial charge in [-0.3, -0.25) is 9.36 Å². The molecule has 3 aromatic rings. The summed E-state index contributed by atoms with van der Waals surface area (Å²) in [6.45, 7) is 2.72. The molecule has 0 aliphatic carbocycles. The Morgan fingerprint density at radius 3 is 2.48 bits per heavy atom. The summed E-state index contributed by atoms with van der Waals surface area (Å²) in [5.41, 5.74) is 5.28. The molecule has 0 aliphatic heterocycles. The smallest absolute Gasteiger partial charge is 0.0712 e. The third-order valence-corrected chi connectivity index (χ3v) is 3.47. The number of aliphatic hydroxyl groups excluding tert-OH is 1. The van der Waals surface area contributed by atoms with Crippen LogP contribution in [0.15, 0.2) is 42.7 Å². The van der Waals surface area contributed by atoms with Crippen LogP contribution in [0, 0.1) is 6.92 Å². The van der Waals surface area contributed by atoms with Crippen molar-refractivity contribution in [3.05, 3.63) is 59.5 Å². The Bertz CT molecular complexity index is 740. The Balaban J connectivity index is 1.79. The highest BCUT2D eigenvalue weighted by Crippen LogP contribution is 2.20. The highest BCUT2D eigenvalue weighted by atomic mass is 16.3. The van der Waals surface area contributed by atoms with E-state index in [-0.39, 0.29) is 6.61 Å². The third kappa shape index (κ3) is 2.87. The Morgan fingerprint density at radius 2 is 1.90 bits per heavy atom. The molecule has 0 amide bonds. The molecule has 0 saturated heterocycles. The van der Waals surface area contributed by atoms with E-state index >= 15 is 0 Å². The van der Waals surface area contributed by atoms with Crippen LogP contribution in [0.2, 0.25) is 0 Å². The molecular formula is C16H18N4O.